The van der Waals surface area contributed by atoms with Crippen LogP contribution in [0.15, 0.2) is 6.07 Å². The Kier molecular flexibility index (Phi) is 2.20. The topological polar surface area (TPSA) is 26.0 Å². The van der Waals surface area contributed by atoms with Crippen molar-refractivity contribution in [3.8, 4) is 0 Å². The van der Waals surface area contributed by atoms with Crippen LogP contribution in [0.25, 0.3) is 0 Å². The molecule has 0 aromatic carbocycles. The number of aryl methyl sites for hydroxylation is 2. The second kappa shape index (κ2) is 3.19. The van der Waals surface area contributed by atoms with Crippen LogP contribution in [-0.2, 0) is 12.8 Å². The molecule has 0 saturated carbocycles. The Morgan fingerprint density at radius 1 is 1.67 bits per heavy atom. The molecule has 0 aliphatic heterocycles. The minimum Gasteiger partial charge on any atom is -0.330 e. The number of fused-ring (bicyclic) bond motifs is 1. The molecule has 1 heterocycles. The van der Waals surface area contributed by atoms with Gasteiger partial charge in [-0.1, -0.05) is 6.92 Å². The lowest BCUT2D eigenvalue weighted by atomic mass is 10.0. The van der Waals surface area contributed by atoms with Crippen LogP contribution >= 0.6 is 11.3 Å². The van der Waals surface area contributed by atoms with Crippen molar-refractivity contribution < 1.29 is 0 Å². The van der Waals surface area contributed by atoms with E-state index in [1.54, 1.807) is 10.4 Å². The standard InChI is InChI=1S/C10H15NS/c1-2-8-5-9-7(6-11)3-4-10(9)12-8/h5,7H,2-4,6,11H2,1H3. The van der Waals surface area contributed by atoms with Crippen molar-refractivity contribution in [3.63, 3.8) is 0 Å². The highest BCUT2D eigenvalue weighted by Gasteiger charge is 2.23. The number of hydrogen-bond donors (Lipinski definition) is 1. The minimum absolute atomic E-state index is 0.663. The van der Waals surface area contributed by atoms with Crippen molar-refractivity contribution in [1.29, 1.82) is 0 Å². The summed E-state index contributed by atoms with van der Waals surface area (Å²) < 4.78 is 0. The summed E-state index contributed by atoms with van der Waals surface area (Å²) in [5.74, 6) is 0.663. The third kappa shape index (κ3) is 1.19. The van der Waals surface area contributed by atoms with E-state index in [4.69, 9.17) is 5.73 Å². The monoisotopic (exact) mass is 181 g/mol. The third-order valence-electron chi connectivity index (χ3n) is 2.69. The number of thiophene rings is 1. The molecule has 1 atom stereocenters. The zero-order valence-electron chi connectivity index (χ0n) is 7.47. The van der Waals surface area contributed by atoms with Crippen LogP contribution in [0, 0.1) is 0 Å². The van der Waals surface area contributed by atoms with Gasteiger partial charge < -0.3 is 5.73 Å². The Morgan fingerprint density at radius 3 is 3.17 bits per heavy atom. The second-order valence-electron chi connectivity index (χ2n) is 3.42. The van der Waals surface area contributed by atoms with E-state index in [-0.39, 0.29) is 0 Å². The Bertz CT molecular complexity index is 277. The first-order chi connectivity index (χ1) is 5.85. The van der Waals surface area contributed by atoms with Crippen LogP contribution < -0.4 is 5.73 Å². The molecule has 2 N–H and O–H groups in total. The van der Waals surface area contributed by atoms with Crippen LogP contribution in [0.3, 0.4) is 0 Å². The fraction of sp³-hybridized carbons (Fsp3) is 0.600. The molecule has 0 radical (unpaired) electrons. The maximum absolute atomic E-state index is 5.70. The average molecular weight is 181 g/mol. The zero-order chi connectivity index (χ0) is 8.55. The van der Waals surface area contributed by atoms with E-state index in [9.17, 15) is 0 Å². The van der Waals surface area contributed by atoms with Gasteiger partial charge in [-0.2, -0.15) is 0 Å². The summed E-state index contributed by atoms with van der Waals surface area (Å²) in [7, 11) is 0. The van der Waals surface area contributed by atoms with Crippen LogP contribution in [-0.4, -0.2) is 6.54 Å². The van der Waals surface area contributed by atoms with Gasteiger partial charge in [0.05, 0.1) is 0 Å². The van der Waals surface area contributed by atoms with Crippen LogP contribution in [0.5, 0.6) is 0 Å². The lowest BCUT2D eigenvalue weighted by molar-refractivity contribution is 0.688. The van der Waals surface area contributed by atoms with Gasteiger partial charge in [-0.3, -0.25) is 0 Å². The molecule has 1 nitrogen and oxygen atoms in total. The van der Waals surface area contributed by atoms with Crippen molar-refractivity contribution in [3.05, 3.63) is 21.4 Å². The van der Waals surface area contributed by atoms with Gasteiger partial charge in [-0.25, -0.2) is 0 Å². The Morgan fingerprint density at radius 2 is 2.50 bits per heavy atom. The van der Waals surface area contributed by atoms with Crippen LogP contribution in [0.1, 0.15) is 34.6 Å². The summed E-state index contributed by atoms with van der Waals surface area (Å²) in [6.45, 7) is 3.05. The summed E-state index contributed by atoms with van der Waals surface area (Å²) in [4.78, 5) is 3.13. The van der Waals surface area contributed by atoms with Crippen molar-refractivity contribution >= 4 is 11.3 Å². The predicted octanol–water partition coefficient (Wildman–Crippen LogP) is 2.30. The zero-order valence-corrected chi connectivity index (χ0v) is 8.29. The van der Waals surface area contributed by atoms with Gasteiger partial charge in [0.25, 0.3) is 0 Å². The van der Waals surface area contributed by atoms with Gasteiger partial charge in [0, 0.05) is 9.75 Å². The SMILES string of the molecule is CCc1cc2c(s1)CCC2CN. The predicted molar refractivity (Wildman–Crippen MR) is 53.8 cm³/mol. The summed E-state index contributed by atoms with van der Waals surface area (Å²) in [5, 5.41) is 0. The van der Waals surface area contributed by atoms with Crippen molar-refractivity contribution in [2.24, 2.45) is 5.73 Å². The van der Waals surface area contributed by atoms with Gasteiger partial charge in [0.1, 0.15) is 0 Å². The lowest BCUT2D eigenvalue weighted by Gasteiger charge is -2.04. The molecule has 2 heteroatoms. The number of rotatable bonds is 2. The van der Waals surface area contributed by atoms with Crippen LogP contribution in [0.4, 0.5) is 0 Å². The van der Waals surface area contributed by atoms with Crippen LogP contribution in [0.2, 0.25) is 0 Å². The van der Waals surface area contributed by atoms with E-state index in [2.05, 4.69) is 13.0 Å². The van der Waals surface area contributed by atoms with Gasteiger partial charge in [-0.05, 0) is 43.4 Å². The van der Waals surface area contributed by atoms with Gasteiger partial charge >= 0.3 is 0 Å². The molecule has 1 aliphatic carbocycles. The van der Waals surface area contributed by atoms with E-state index in [0.717, 1.165) is 6.54 Å². The summed E-state index contributed by atoms with van der Waals surface area (Å²) in [6, 6.07) is 2.37. The van der Waals surface area contributed by atoms with Crippen molar-refractivity contribution in [2.45, 2.75) is 32.1 Å². The first-order valence-corrected chi connectivity index (χ1v) is 5.48. The minimum atomic E-state index is 0.663. The molecular formula is C10H15NS. The van der Waals surface area contributed by atoms with Crippen molar-refractivity contribution in [1.82, 2.24) is 0 Å². The second-order valence-corrected chi connectivity index (χ2v) is 4.64. The quantitative estimate of drug-likeness (QED) is 0.744. The largest absolute Gasteiger partial charge is 0.330 e. The molecule has 1 unspecified atom stereocenters. The Labute approximate surface area is 77.6 Å². The summed E-state index contributed by atoms with van der Waals surface area (Å²) in [5.41, 5.74) is 7.26. The van der Waals surface area contributed by atoms with E-state index in [0.29, 0.717) is 5.92 Å². The van der Waals surface area contributed by atoms with Gasteiger partial charge in [-0.15, -0.1) is 11.3 Å². The fourth-order valence-electron chi connectivity index (χ4n) is 1.92. The molecule has 66 valence electrons. The maximum Gasteiger partial charge on any atom is 0.00837 e. The molecule has 0 saturated heterocycles. The molecule has 0 spiro atoms. The van der Waals surface area contributed by atoms with E-state index >= 15 is 0 Å². The number of nitrogens with two attached hydrogens (primary N) is 1. The molecule has 12 heavy (non-hydrogen) atoms. The van der Waals surface area contributed by atoms with E-state index in [1.807, 2.05) is 11.3 Å². The first-order valence-electron chi connectivity index (χ1n) is 4.66. The normalized spacial score (nSPS) is 21.3. The molecule has 1 aromatic heterocycles. The number of hydrogen-bond acceptors (Lipinski definition) is 2. The molecule has 2 rings (SSSR count). The Hall–Kier alpha value is -0.340. The van der Waals surface area contributed by atoms with E-state index < -0.39 is 0 Å². The van der Waals surface area contributed by atoms with Gasteiger partial charge in [0.2, 0.25) is 0 Å². The smallest absolute Gasteiger partial charge is 0.00837 e. The van der Waals surface area contributed by atoms with Gasteiger partial charge in [0.15, 0.2) is 0 Å². The highest BCUT2D eigenvalue weighted by Crippen LogP contribution is 2.38. The average Bonchev–Trinajstić information content (AvgIpc) is 2.61. The molecule has 0 fully saturated rings. The molecule has 1 aromatic rings. The molecule has 0 amide bonds. The maximum atomic E-state index is 5.70. The first kappa shape index (κ1) is 8.27. The highest BCUT2D eigenvalue weighted by molar-refractivity contribution is 7.12. The Balaban J connectivity index is 2.31. The highest BCUT2D eigenvalue weighted by atomic mass is 32.1. The van der Waals surface area contributed by atoms with Crippen molar-refractivity contribution in [2.75, 3.05) is 6.54 Å². The molecular weight excluding hydrogens is 166 g/mol. The third-order valence-corrected chi connectivity index (χ3v) is 4.04. The molecule has 0 bridgehead atoms. The molecule has 1 aliphatic rings. The summed E-state index contributed by atoms with van der Waals surface area (Å²) >= 11 is 1.99. The lowest BCUT2D eigenvalue weighted by Crippen LogP contribution is -2.08. The fourth-order valence-corrected chi connectivity index (χ4v) is 3.13. The van der Waals surface area contributed by atoms with E-state index in [1.165, 1.54) is 24.1 Å². The summed E-state index contributed by atoms with van der Waals surface area (Å²) in [6.07, 6.45) is 3.72.